The lowest BCUT2D eigenvalue weighted by molar-refractivity contribution is -0.136. The molecule has 3 saturated heterocycles. The number of likely N-dealkylation sites (tertiary alicyclic amines) is 1. The lowest BCUT2D eigenvalue weighted by Crippen LogP contribution is -2.54. The van der Waals surface area contributed by atoms with Gasteiger partial charge < -0.3 is 30.3 Å². The number of aromatic nitrogens is 2. The van der Waals surface area contributed by atoms with Gasteiger partial charge in [0, 0.05) is 89.5 Å². The van der Waals surface area contributed by atoms with Crippen LogP contribution in [-0.4, -0.2) is 137 Å². The van der Waals surface area contributed by atoms with Crippen LogP contribution in [0.1, 0.15) is 101 Å². The number of nitrogens with one attached hydrogen (secondary N) is 2. The third-order valence-corrected chi connectivity index (χ3v) is 14.0. The average Bonchev–Trinajstić information content (AvgIpc) is 3.87. The van der Waals surface area contributed by atoms with Crippen LogP contribution in [0.25, 0.3) is 11.3 Å². The van der Waals surface area contributed by atoms with Crippen molar-refractivity contribution in [2.24, 2.45) is 11.7 Å². The predicted molar refractivity (Wildman–Crippen MR) is 255 cm³/mol. The van der Waals surface area contributed by atoms with Crippen molar-refractivity contribution >= 4 is 52.7 Å². The molecular weight excluding hydrogens is 883 g/mol. The predicted octanol–water partition coefficient (Wildman–Crippen LogP) is 4.80. The molecule has 0 saturated carbocycles. The molecule has 5 aliphatic rings. The number of Topliss-reactive ketones (excluding diaryl/α,β-unsaturated/α-hetero) is 1. The number of ether oxygens (including phenoxy) is 2. The van der Waals surface area contributed by atoms with Gasteiger partial charge in [-0.25, -0.2) is 4.68 Å². The maximum atomic E-state index is 13.3. The third kappa shape index (κ3) is 10.6. The monoisotopic (exact) mass is 941 g/mol. The SMILES string of the molecule is NC(=O)c1c(-c2ccc(Oc3ccccc3)cc2)nn2c1NCC[C@H]2C1CCN(C(=O)CCCCOCCCC(=O)CN2CCN(c3ccc4c(c3)C(=O)N(C3CCC(=O)NC3=O)C4=O)CC2)CC1. The summed E-state index contributed by atoms with van der Waals surface area (Å²) in [5.74, 6) is 0.00567. The van der Waals surface area contributed by atoms with Crippen molar-refractivity contribution in [3.8, 4) is 22.8 Å². The van der Waals surface area contributed by atoms with E-state index in [4.69, 9.17) is 20.3 Å². The average molecular weight is 942 g/mol. The van der Waals surface area contributed by atoms with Crippen LogP contribution in [0.4, 0.5) is 11.5 Å². The summed E-state index contributed by atoms with van der Waals surface area (Å²) in [4.78, 5) is 96.4. The molecule has 9 rings (SSSR count). The Labute approximate surface area is 400 Å². The summed E-state index contributed by atoms with van der Waals surface area (Å²) in [6.45, 7) is 6.04. The van der Waals surface area contributed by atoms with Crippen molar-refractivity contribution in [3.63, 3.8) is 0 Å². The topological polar surface area (TPSA) is 219 Å². The van der Waals surface area contributed by atoms with E-state index in [1.165, 1.54) is 0 Å². The molecule has 69 heavy (non-hydrogen) atoms. The van der Waals surface area contributed by atoms with E-state index in [9.17, 15) is 33.6 Å². The molecule has 3 aromatic carbocycles. The minimum atomic E-state index is -1.01. The van der Waals surface area contributed by atoms with E-state index in [2.05, 4.69) is 20.4 Å². The van der Waals surface area contributed by atoms with Gasteiger partial charge in [0.25, 0.3) is 17.7 Å². The van der Waals surface area contributed by atoms with Crippen molar-refractivity contribution in [1.29, 1.82) is 0 Å². The smallest absolute Gasteiger partial charge is 0.262 e. The van der Waals surface area contributed by atoms with E-state index < -0.39 is 35.6 Å². The lowest BCUT2D eigenvalue weighted by Gasteiger charge is -2.38. The first-order valence-corrected chi connectivity index (χ1v) is 24.2. The Hall–Kier alpha value is -6.92. The van der Waals surface area contributed by atoms with E-state index >= 15 is 0 Å². The number of anilines is 2. The van der Waals surface area contributed by atoms with Gasteiger partial charge in [0.15, 0.2) is 0 Å². The number of nitrogens with zero attached hydrogens (tertiary/aromatic N) is 6. The van der Waals surface area contributed by atoms with Gasteiger partial charge in [-0.05, 0) is 105 Å². The normalized spacial score (nSPS) is 19.8. The number of carbonyl (C=O) groups excluding carboxylic acids is 7. The molecule has 5 aliphatic heterocycles. The van der Waals surface area contributed by atoms with Crippen molar-refractivity contribution in [3.05, 3.63) is 89.5 Å². The number of imide groups is 2. The van der Waals surface area contributed by atoms with E-state index in [1.54, 1.807) is 18.2 Å². The number of piperidine rings is 2. The fourth-order valence-electron chi connectivity index (χ4n) is 10.3. The van der Waals surface area contributed by atoms with Crippen LogP contribution >= 0.6 is 0 Å². The van der Waals surface area contributed by atoms with Gasteiger partial charge >= 0.3 is 0 Å². The number of primary amides is 1. The highest BCUT2D eigenvalue weighted by Gasteiger charge is 2.45. The summed E-state index contributed by atoms with van der Waals surface area (Å²) in [5.41, 5.74) is 8.93. The van der Waals surface area contributed by atoms with Gasteiger partial charge in [-0.15, -0.1) is 0 Å². The van der Waals surface area contributed by atoms with E-state index in [1.807, 2.05) is 64.2 Å². The molecule has 0 aliphatic carbocycles. The van der Waals surface area contributed by atoms with Crippen molar-refractivity contribution in [2.75, 3.05) is 75.8 Å². The minimum Gasteiger partial charge on any atom is -0.457 e. The molecule has 4 aromatic rings. The summed E-state index contributed by atoms with van der Waals surface area (Å²) in [5, 5.41) is 10.6. The number of amides is 6. The summed E-state index contributed by atoms with van der Waals surface area (Å²) in [6, 6.07) is 21.2. The second-order valence-electron chi connectivity index (χ2n) is 18.5. The molecule has 0 radical (unpaired) electrons. The highest BCUT2D eigenvalue weighted by atomic mass is 16.5. The van der Waals surface area contributed by atoms with E-state index in [0.29, 0.717) is 114 Å². The van der Waals surface area contributed by atoms with Gasteiger partial charge in [-0.2, -0.15) is 5.10 Å². The first kappa shape index (κ1) is 47.2. The molecule has 0 bridgehead atoms. The molecule has 0 spiro atoms. The van der Waals surface area contributed by atoms with Crippen LogP contribution in [0, 0.1) is 5.92 Å². The third-order valence-electron chi connectivity index (χ3n) is 14.0. The molecule has 362 valence electrons. The number of rotatable bonds is 18. The van der Waals surface area contributed by atoms with Gasteiger partial charge in [-0.3, -0.25) is 48.7 Å². The highest BCUT2D eigenvalue weighted by molar-refractivity contribution is 6.23. The van der Waals surface area contributed by atoms with Crippen LogP contribution in [0.15, 0.2) is 72.8 Å². The van der Waals surface area contributed by atoms with E-state index in [-0.39, 0.29) is 41.7 Å². The number of nitrogens with two attached hydrogens (primary N) is 1. The van der Waals surface area contributed by atoms with Gasteiger partial charge in [0.2, 0.25) is 17.7 Å². The second-order valence-corrected chi connectivity index (χ2v) is 18.5. The maximum absolute atomic E-state index is 13.3. The summed E-state index contributed by atoms with van der Waals surface area (Å²) in [7, 11) is 0. The standard InChI is InChI=1S/C51H59N9O9/c52-47(64)45-46(34-11-14-38(15-12-34)69-37-8-2-1-3-9-37)55-60-41(19-22-53-48(45)60)33-20-23-58(24-21-33)44(63)10-4-5-29-68-30-6-7-36(61)32-56-25-27-57(28-26-56)35-13-16-39-40(31-35)51(67)59(50(39)66)42-17-18-43(62)54-49(42)65/h1-3,8-9,11-16,31,33,41-42,53H,4-7,10,17-30,32H2,(H2,52,64)(H,54,62,65)/t41-,42?/m0/s1. The largest absolute Gasteiger partial charge is 0.457 e. The molecule has 6 amide bonds. The van der Waals surface area contributed by atoms with Gasteiger partial charge in [0.1, 0.15) is 40.4 Å². The Morgan fingerprint density at radius 1 is 0.754 bits per heavy atom. The fourth-order valence-corrected chi connectivity index (χ4v) is 10.3. The van der Waals surface area contributed by atoms with Gasteiger partial charge in [0.05, 0.1) is 23.7 Å². The Balaban J connectivity index is 0.645. The molecule has 4 N–H and O–H groups in total. The molecular formula is C51H59N9O9. The Bertz CT molecular complexity index is 2580. The van der Waals surface area contributed by atoms with Crippen molar-refractivity contribution in [1.82, 2.24) is 29.8 Å². The molecule has 18 nitrogen and oxygen atoms in total. The zero-order valence-corrected chi connectivity index (χ0v) is 38.7. The number of hydrogen-bond donors (Lipinski definition) is 3. The Morgan fingerprint density at radius 2 is 1.48 bits per heavy atom. The fraction of sp³-hybridized carbons (Fsp3) is 0.451. The maximum Gasteiger partial charge on any atom is 0.262 e. The number of para-hydroxylation sites is 1. The number of carbonyl (C=O) groups is 7. The summed E-state index contributed by atoms with van der Waals surface area (Å²) < 4.78 is 13.7. The summed E-state index contributed by atoms with van der Waals surface area (Å²) >= 11 is 0. The highest BCUT2D eigenvalue weighted by Crippen LogP contribution is 2.40. The first-order chi connectivity index (χ1) is 33.5. The zero-order chi connectivity index (χ0) is 48.0. The van der Waals surface area contributed by atoms with Gasteiger partial charge in [-0.1, -0.05) is 18.2 Å². The minimum absolute atomic E-state index is 0.0658. The van der Waals surface area contributed by atoms with Crippen LogP contribution in [0.2, 0.25) is 0 Å². The molecule has 3 fully saturated rings. The number of ketones is 1. The molecule has 2 atom stereocenters. The van der Waals surface area contributed by atoms with Crippen molar-refractivity contribution < 1.29 is 43.0 Å². The second kappa shape index (κ2) is 21.2. The Kier molecular flexibility index (Phi) is 14.5. The summed E-state index contributed by atoms with van der Waals surface area (Å²) in [6.07, 6.45) is 5.72. The number of fused-ring (bicyclic) bond motifs is 2. The Morgan fingerprint density at radius 3 is 2.22 bits per heavy atom. The molecule has 6 heterocycles. The van der Waals surface area contributed by atoms with Crippen LogP contribution in [0.3, 0.4) is 0 Å². The number of unbranched alkanes of at least 4 members (excludes halogenated alkanes) is 1. The number of benzene rings is 3. The lowest BCUT2D eigenvalue weighted by atomic mass is 9.86. The van der Waals surface area contributed by atoms with E-state index in [0.717, 1.165) is 54.0 Å². The number of piperazine rings is 1. The molecule has 18 heteroatoms. The number of hydrogen-bond acceptors (Lipinski definition) is 13. The molecule has 1 aromatic heterocycles. The van der Waals surface area contributed by atoms with Crippen LogP contribution in [0.5, 0.6) is 11.5 Å². The quantitative estimate of drug-likeness (QED) is 0.0904. The van der Waals surface area contributed by atoms with Crippen molar-refractivity contribution in [2.45, 2.75) is 76.3 Å². The first-order valence-electron chi connectivity index (χ1n) is 24.2. The zero-order valence-electron chi connectivity index (χ0n) is 38.7. The van der Waals surface area contributed by atoms with Crippen LogP contribution in [-0.2, 0) is 23.9 Å². The van der Waals surface area contributed by atoms with Crippen LogP contribution < -0.4 is 26.0 Å². The molecule has 1 unspecified atom stereocenters.